The highest BCUT2D eigenvalue weighted by Crippen LogP contribution is 2.37. The maximum absolute atomic E-state index is 12.7. The van der Waals surface area contributed by atoms with Crippen LogP contribution in [-0.4, -0.2) is 83.6 Å². The highest BCUT2D eigenvalue weighted by Gasteiger charge is 2.39. The number of piperidine rings is 1. The standard InChI is InChI=1S/C25H30N4O8/c1-34-18-7-21(31)19(11-30)22(8-18)36-13-24(32)26-23-9-20(27-28-23)14-2-4-16(6-14)37-25(33)29-10-17-5-3-15(29)12-35-17/h7-9,11,14-17,31H,2-6,10,12-13H2,1H3,(H2,26,27,28,32)/t14-,15+,16+,17+/m0/s1. The molecule has 3 N–H and O–H groups in total. The molecule has 1 aliphatic carbocycles. The summed E-state index contributed by atoms with van der Waals surface area (Å²) >= 11 is 0. The molecule has 2 bridgehead atoms. The molecule has 2 aromatic rings. The number of H-pyrrole nitrogens is 1. The van der Waals surface area contributed by atoms with E-state index in [9.17, 15) is 19.5 Å². The van der Waals surface area contributed by atoms with Crippen molar-refractivity contribution < 1.29 is 38.4 Å². The van der Waals surface area contributed by atoms with Crippen molar-refractivity contribution in [1.82, 2.24) is 15.1 Å². The summed E-state index contributed by atoms with van der Waals surface area (Å²) in [6.07, 6.45) is 4.36. The van der Waals surface area contributed by atoms with Gasteiger partial charge in [0.05, 0.1) is 38.0 Å². The van der Waals surface area contributed by atoms with Gasteiger partial charge in [0.15, 0.2) is 18.7 Å². The van der Waals surface area contributed by atoms with E-state index in [4.69, 9.17) is 18.9 Å². The van der Waals surface area contributed by atoms with Crippen molar-refractivity contribution in [3.8, 4) is 17.2 Å². The maximum Gasteiger partial charge on any atom is 0.410 e. The molecule has 1 aromatic heterocycles. The van der Waals surface area contributed by atoms with Crippen LogP contribution >= 0.6 is 0 Å². The molecule has 0 unspecified atom stereocenters. The van der Waals surface area contributed by atoms with Crippen LogP contribution in [0, 0.1) is 0 Å². The van der Waals surface area contributed by atoms with Gasteiger partial charge in [0.1, 0.15) is 23.4 Å². The van der Waals surface area contributed by atoms with Crippen LogP contribution in [0.4, 0.5) is 10.6 Å². The molecule has 0 radical (unpaired) electrons. The lowest BCUT2D eigenvalue weighted by Gasteiger charge is -2.44. The van der Waals surface area contributed by atoms with Crippen LogP contribution in [0.25, 0.3) is 0 Å². The Morgan fingerprint density at radius 3 is 2.84 bits per heavy atom. The van der Waals surface area contributed by atoms with Gasteiger partial charge in [-0.1, -0.05) is 0 Å². The van der Waals surface area contributed by atoms with E-state index in [1.807, 2.05) is 4.90 Å². The van der Waals surface area contributed by atoms with Crippen LogP contribution in [0.5, 0.6) is 17.2 Å². The summed E-state index contributed by atoms with van der Waals surface area (Å²) in [6, 6.07) is 4.55. The van der Waals surface area contributed by atoms with Gasteiger partial charge in [0.25, 0.3) is 5.91 Å². The lowest BCUT2D eigenvalue weighted by Crippen LogP contribution is -2.56. The molecular weight excluding hydrogens is 484 g/mol. The summed E-state index contributed by atoms with van der Waals surface area (Å²) in [6.45, 7) is 0.782. The number of anilines is 1. The molecule has 4 atom stereocenters. The number of aromatic nitrogens is 2. The minimum absolute atomic E-state index is 0.0289. The number of hydrogen-bond donors (Lipinski definition) is 3. The van der Waals surface area contributed by atoms with E-state index in [1.165, 1.54) is 19.2 Å². The number of nitrogens with zero attached hydrogens (tertiary/aromatic N) is 2. The van der Waals surface area contributed by atoms with Gasteiger partial charge in [-0.05, 0) is 32.1 Å². The highest BCUT2D eigenvalue weighted by molar-refractivity contribution is 5.91. The molecule has 6 rings (SSSR count). The molecule has 0 spiro atoms. The molecular formula is C25H30N4O8. The van der Waals surface area contributed by atoms with Gasteiger partial charge < -0.3 is 34.3 Å². The Morgan fingerprint density at radius 1 is 1.27 bits per heavy atom. The molecule has 4 fully saturated rings. The van der Waals surface area contributed by atoms with Gasteiger partial charge in [-0.15, -0.1) is 0 Å². The van der Waals surface area contributed by atoms with E-state index < -0.39 is 12.5 Å². The number of ether oxygens (including phenoxy) is 4. The van der Waals surface area contributed by atoms with Gasteiger partial charge in [-0.2, -0.15) is 5.10 Å². The molecule has 3 saturated heterocycles. The summed E-state index contributed by atoms with van der Waals surface area (Å²) in [4.78, 5) is 38.2. The predicted octanol–water partition coefficient (Wildman–Crippen LogP) is 2.59. The second-order valence-corrected chi connectivity index (χ2v) is 9.58. The van der Waals surface area contributed by atoms with Crippen LogP contribution < -0.4 is 14.8 Å². The fourth-order valence-corrected chi connectivity index (χ4v) is 5.19. The number of morpholine rings is 1. The summed E-state index contributed by atoms with van der Waals surface area (Å²) in [5, 5.41) is 19.7. The Bertz CT molecular complexity index is 1160. The zero-order valence-electron chi connectivity index (χ0n) is 20.5. The zero-order chi connectivity index (χ0) is 25.9. The smallest absolute Gasteiger partial charge is 0.410 e. The zero-order valence-corrected chi connectivity index (χ0v) is 20.5. The van der Waals surface area contributed by atoms with Gasteiger partial charge in [-0.25, -0.2) is 4.79 Å². The Morgan fingerprint density at radius 2 is 2.14 bits per heavy atom. The number of phenolic OH excluding ortho intramolecular Hbond substituents is 1. The molecule has 37 heavy (non-hydrogen) atoms. The number of hydrogen-bond acceptors (Lipinski definition) is 9. The second kappa shape index (κ2) is 10.7. The third kappa shape index (κ3) is 5.48. The van der Waals surface area contributed by atoms with Crippen molar-refractivity contribution in [2.45, 2.75) is 56.3 Å². The number of nitrogens with one attached hydrogen (secondary N) is 2. The van der Waals surface area contributed by atoms with Gasteiger partial charge >= 0.3 is 6.09 Å². The summed E-state index contributed by atoms with van der Waals surface area (Å²) in [7, 11) is 1.41. The van der Waals surface area contributed by atoms with Crippen molar-refractivity contribution in [2.75, 3.05) is 32.2 Å². The van der Waals surface area contributed by atoms with Crippen LogP contribution in [0.3, 0.4) is 0 Å². The van der Waals surface area contributed by atoms with Crippen molar-refractivity contribution >= 4 is 24.1 Å². The molecule has 2 amide bonds. The molecule has 4 heterocycles. The summed E-state index contributed by atoms with van der Waals surface area (Å²) in [5.41, 5.74) is 0.773. The number of aromatic amines is 1. The molecule has 4 aliphatic rings. The van der Waals surface area contributed by atoms with Crippen LogP contribution in [0.1, 0.15) is 54.1 Å². The molecule has 12 heteroatoms. The normalized spacial score (nSPS) is 24.5. The molecule has 12 nitrogen and oxygen atoms in total. The second-order valence-electron chi connectivity index (χ2n) is 9.58. The number of benzene rings is 1. The average molecular weight is 515 g/mol. The minimum atomic E-state index is -0.491. The predicted molar refractivity (Wildman–Crippen MR) is 129 cm³/mol. The number of amides is 2. The van der Waals surface area contributed by atoms with Gasteiger partial charge in [-0.3, -0.25) is 14.7 Å². The number of aromatic hydroxyl groups is 1. The van der Waals surface area contributed by atoms with Crippen LogP contribution in [-0.2, 0) is 14.3 Å². The largest absolute Gasteiger partial charge is 0.507 e. The Kier molecular flexibility index (Phi) is 7.17. The van der Waals surface area contributed by atoms with E-state index in [2.05, 4.69) is 15.5 Å². The third-order valence-corrected chi connectivity index (χ3v) is 7.18. The molecule has 1 aromatic carbocycles. The monoisotopic (exact) mass is 514 g/mol. The van der Waals surface area contributed by atoms with Crippen molar-refractivity contribution in [3.05, 3.63) is 29.5 Å². The molecule has 198 valence electrons. The minimum Gasteiger partial charge on any atom is -0.507 e. The van der Waals surface area contributed by atoms with E-state index in [1.54, 1.807) is 6.07 Å². The van der Waals surface area contributed by atoms with Crippen molar-refractivity contribution in [3.63, 3.8) is 0 Å². The van der Waals surface area contributed by atoms with E-state index in [0.29, 0.717) is 31.7 Å². The number of rotatable bonds is 8. The lowest BCUT2D eigenvalue weighted by atomic mass is 9.98. The van der Waals surface area contributed by atoms with E-state index >= 15 is 0 Å². The number of carbonyl (C=O) groups excluding carboxylic acids is 3. The van der Waals surface area contributed by atoms with Crippen LogP contribution in [0.2, 0.25) is 0 Å². The lowest BCUT2D eigenvalue weighted by molar-refractivity contribution is -0.118. The topological polar surface area (TPSA) is 152 Å². The van der Waals surface area contributed by atoms with Crippen LogP contribution in [0.15, 0.2) is 18.2 Å². The SMILES string of the molecule is COc1cc(O)c(C=O)c(OCC(=O)Nc2cc([C@H]3CC[C@@H](OC(=O)N4C[C@H]5CC[C@@H]4CO5)C3)[nH]n2)c1. The number of carbonyl (C=O) groups is 3. The Balaban J connectivity index is 1.11. The molecule has 3 aliphatic heterocycles. The first-order valence-corrected chi connectivity index (χ1v) is 12.4. The van der Waals surface area contributed by atoms with Gasteiger partial charge in [0, 0.05) is 29.8 Å². The van der Waals surface area contributed by atoms with E-state index in [-0.39, 0.29) is 53.1 Å². The summed E-state index contributed by atoms with van der Waals surface area (Å²) < 4.78 is 22.0. The number of fused-ring (bicyclic) bond motifs is 3. The first-order valence-electron chi connectivity index (χ1n) is 12.4. The first kappa shape index (κ1) is 24.9. The first-order chi connectivity index (χ1) is 17.9. The quantitative estimate of drug-likeness (QED) is 0.451. The highest BCUT2D eigenvalue weighted by atomic mass is 16.6. The van der Waals surface area contributed by atoms with Gasteiger partial charge in [0.2, 0.25) is 0 Å². The maximum atomic E-state index is 12.7. The van der Waals surface area contributed by atoms with Crippen molar-refractivity contribution in [1.29, 1.82) is 0 Å². The number of phenols is 1. The van der Waals surface area contributed by atoms with Crippen molar-refractivity contribution in [2.24, 2.45) is 0 Å². The fraction of sp³-hybridized carbons (Fsp3) is 0.520. The molecule has 1 saturated carbocycles. The average Bonchev–Trinajstić information content (AvgIpc) is 3.57. The number of methoxy groups -OCH3 is 1. The Labute approximate surface area is 213 Å². The Hall–Kier alpha value is -3.80. The van der Waals surface area contributed by atoms with E-state index in [0.717, 1.165) is 31.4 Å². The number of aldehydes is 1. The third-order valence-electron chi connectivity index (χ3n) is 7.18. The summed E-state index contributed by atoms with van der Waals surface area (Å²) in [5.74, 6) is -0.0234. The fourth-order valence-electron chi connectivity index (χ4n) is 5.19.